The van der Waals surface area contributed by atoms with Gasteiger partial charge in [0, 0.05) is 6.61 Å². The van der Waals surface area contributed by atoms with Crippen molar-refractivity contribution in [3.8, 4) is 0 Å². The van der Waals surface area contributed by atoms with Gasteiger partial charge >= 0.3 is 0 Å². The van der Waals surface area contributed by atoms with E-state index in [1.165, 1.54) is 25.7 Å². The Labute approximate surface area is 64.9 Å². The van der Waals surface area contributed by atoms with Gasteiger partial charge in [-0.2, -0.15) is 0 Å². The summed E-state index contributed by atoms with van der Waals surface area (Å²) in [6, 6.07) is 0. The lowest BCUT2D eigenvalue weighted by atomic mass is 10.3. The van der Waals surface area contributed by atoms with Gasteiger partial charge in [0.15, 0.2) is 0 Å². The average molecular weight is 193 g/mol. The van der Waals surface area contributed by atoms with E-state index < -0.39 is 0 Å². The molecule has 0 saturated heterocycles. The number of hydrogen-bond acceptors (Lipinski definition) is 1. The van der Waals surface area contributed by atoms with Crippen molar-refractivity contribution < 1.29 is 4.74 Å². The summed E-state index contributed by atoms with van der Waals surface area (Å²) >= 11 is 3.58. The molecule has 0 aromatic carbocycles. The highest BCUT2D eigenvalue weighted by atomic mass is 79.9. The van der Waals surface area contributed by atoms with Gasteiger partial charge in [-0.3, -0.25) is 0 Å². The van der Waals surface area contributed by atoms with Gasteiger partial charge in [-0.05, 0) is 32.6 Å². The number of alkyl halides is 1. The molecule has 0 aliphatic heterocycles. The number of halogens is 1. The SMILES string of the molecule is CCOC1(Br)CCCC1. The van der Waals surface area contributed by atoms with E-state index in [1.54, 1.807) is 0 Å². The van der Waals surface area contributed by atoms with Gasteiger partial charge in [0.2, 0.25) is 0 Å². The Bertz CT molecular complexity index is 86.9. The molecule has 9 heavy (non-hydrogen) atoms. The molecular weight excluding hydrogens is 180 g/mol. The van der Waals surface area contributed by atoms with E-state index in [2.05, 4.69) is 15.9 Å². The van der Waals surface area contributed by atoms with E-state index in [1.807, 2.05) is 6.92 Å². The van der Waals surface area contributed by atoms with Crippen LogP contribution in [0.15, 0.2) is 0 Å². The van der Waals surface area contributed by atoms with E-state index in [9.17, 15) is 0 Å². The Kier molecular flexibility index (Phi) is 2.53. The topological polar surface area (TPSA) is 9.23 Å². The van der Waals surface area contributed by atoms with Crippen molar-refractivity contribution in [2.24, 2.45) is 0 Å². The summed E-state index contributed by atoms with van der Waals surface area (Å²) in [6.07, 6.45) is 4.98. The van der Waals surface area contributed by atoms with E-state index in [0.29, 0.717) is 0 Å². The minimum absolute atomic E-state index is 0.0573. The smallest absolute Gasteiger partial charge is 0.122 e. The maximum Gasteiger partial charge on any atom is 0.122 e. The zero-order valence-corrected chi connectivity index (χ0v) is 7.41. The third-order valence-electron chi connectivity index (χ3n) is 1.75. The van der Waals surface area contributed by atoms with Crippen LogP contribution in [0.25, 0.3) is 0 Å². The van der Waals surface area contributed by atoms with Crippen molar-refractivity contribution in [2.75, 3.05) is 6.61 Å². The summed E-state index contributed by atoms with van der Waals surface area (Å²) in [4.78, 5) is 0. The normalized spacial score (nSPS) is 24.7. The highest BCUT2D eigenvalue weighted by Crippen LogP contribution is 2.38. The molecule has 1 aliphatic carbocycles. The molecule has 0 heterocycles. The molecule has 0 atom stereocenters. The second-order valence-corrected chi connectivity index (χ2v) is 3.97. The Morgan fingerprint density at radius 1 is 1.44 bits per heavy atom. The van der Waals surface area contributed by atoms with Crippen LogP contribution in [-0.4, -0.2) is 11.1 Å². The second kappa shape index (κ2) is 3.02. The Balaban J connectivity index is 2.32. The molecule has 0 aromatic rings. The second-order valence-electron chi connectivity index (χ2n) is 2.52. The summed E-state index contributed by atoms with van der Waals surface area (Å²) in [5.74, 6) is 0. The standard InChI is InChI=1S/C7H13BrO/c1-2-9-7(8)5-3-4-6-7/h2-6H2,1H3. The number of ether oxygens (including phenoxy) is 1. The largest absolute Gasteiger partial charge is 0.364 e. The summed E-state index contributed by atoms with van der Waals surface area (Å²) in [7, 11) is 0. The fourth-order valence-electron chi connectivity index (χ4n) is 1.31. The monoisotopic (exact) mass is 192 g/mol. The third kappa shape index (κ3) is 1.94. The fourth-order valence-corrected chi connectivity index (χ4v) is 2.10. The van der Waals surface area contributed by atoms with Gasteiger partial charge in [0.1, 0.15) is 4.51 Å². The van der Waals surface area contributed by atoms with Crippen LogP contribution >= 0.6 is 15.9 Å². The summed E-state index contributed by atoms with van der Waals surface area (Å²) in [5.41, 5.74) is 0. The van der Waals surface area contributed by atoms with Gasteiger partial charge in [-0.1, -0.05) is 15.9 Å². The van der Waals surface area contributed by atoms with Crippen molar-refractivity contribution in [2.45, 2.75) is 37.1 Å². The molecule has 0 bridgehead atoms. The van der Waals surface area contributed by atoms with Crippen molar-refractivity contribution in [1.29, 1.82) is 0 Å². The highest BCUT2D eigenvalue weighted by molar-refractivity contribution is 9.10. The van der Waals surface area contributed by atoms with Gasteiger partial charge in [-0.15, -0.1) is 0 Å². The van der Waals surface area contributed by atoms with Gasteiger partial charge in [0.25, 0.3) is 0 Å². The predicted molar refractivity (Wildman–Crippen MR) is 41.8 cm³/mol. The van der Waals surface area contributed by atoms with E-state index in [0.717, 1.165) is 6.61 Å². The zero-order valence-electron chi connectivity index (χ0n) is 5.82. The van der Waals surface area contributed by atoms with E-state index in [4.69, 9.17) is 4.74 Å². The van der Waals surface area contributed by atoms with Crippen LogP contribution in [0.1, 0.15) is 32.6 Å². The fraction of sp³-hybridized carbons (Fsp3) is 1.00. The van der Waals surface area contributed by atoms with Crippen LogP contribution in [0.2, 0.25) is 0 Å². The molecule has 0 amide bonds. The molecule has 1 aliphatic rings. The zero-order chi connectivity index (χ0) is 6.74. The molecule has 0 N–H and O–H groups in total. The molecule has 2 heteroatoms. The van der Waals surface area contributed by atoms with E-state index in [-0.39, 0.29) is 4.51 Å². The van der Waals surface area contributed by atoms with Crippen molar-refractivity contribution in [3.63, 3.8) is 0 Å². The first kappa shape index (κ1) is 7.55. The quantitative estimate of drug-likeness (QED) is 0.612. The minimum atomic E-state index is 0.0573. The molecule has 0 spiro atoms. The molecule has 1 fully saturated rings. The van der Waals surface area contributed by atoms with Crippen LogP contribution < -0.4 is 0 Å². The van der Waals surface area contributed by atoms with Crippen LogP contribution in [0.3, 0.4) is 0 Å². The molecule has 1 saturated carbocycles. The van der Waals surface area contributed by atoms with Crippen molar-refractivity contribution >= 4 is 15.9 Å². The van der Waals surface area contributed by atoms with Gasteiger partial charge in [0.05, 0.1) is 0 Å². The molecule has 0 unspecified atom stereocenters. The van der Waals surface area contributed by atoms with Crippen molar-refractivity contribution in [3.05, 3.63) is 0 Å². The minimum Gasteiger partial charge on any atom is -0.364 e. The maximum atomic E-state index is 5.51. The first-order valence-corrected chi connectivity index (χ1v) is 4.39. The number of hydrogen-bond donors (Lipinski definition) is 0. The molecule has 0 radical (unpaired) electrons. The average Bonchev–Trinajstić information content (AvgIpc) is 2.16. The van der Waals surface area contributed by atoms with Crippen LogP contribution in [-0.2, 0) is 4.74 Å². The van der Waals surface area contributed by atoms with Gasteiger partial charge < -0.3 is 4.74 Å². The summed E-state index contributed by atoms with van der Waals surface area (Å²) in [5, 5.41) is 0. The molecule has 54 valence electrons. The van der Waals surface area contributed by atoms with Crippen LogP contribution in [0, 0.1) is 0 Å². The molecular formula is C7H13BrO. The van der Waals surface area contributed by atoms with Crippen LogP contribution in [0.4, 0.5) is 0 Å². The first-order valence-electron chi connectivity index (χ1n) is 3.60. The molecule has 0 aromatic heterocycles. The predicted octanol–water partition coefficient (Wildman–Crippen LogP) is 2.69. The van der Waals surface area contributed by atoms with Crippen LogP contribution in [0.5, 0.6) is 0 Å². The molecule has 1 rings (SSSR count). The Morgan fingerprint density at radius 3 is 2.44 bits per heavy atom. The summed E-state index contributed by atoms with van der Waals surface area (Å²) in [6.45, 7) is 2.87. The Hall–Kier alpha value is 0.440. The van der Waals surface area contributed by atoms with E-state index >= 15 is 0 Å². The molecule has 1 nitrogen and oxygen atoms in total. The lowest BCUT2D eigenvalue weighted by molar-refractivity contribution is 0.0459. The number of rotatable bonds is 2. The summed E-state index contributed by atoms with van der Waals surface area (Å²) < 4.78 is 5.56. The lowest BCUT2D eigenvalue weighted by Crippen LogP contribution is -2.19. The first-order chi connectivity index (χ1) is 4.27. The third-order valence-corrected chi connectivity index (χ3v) is 2.78. The maximum absolute atomic E-state index is 5.51. The van der Waals surface area contributed by atoms with Crippen molar-refractivity contribution in [1.82, 2.24) is 0 Å². The highest BCUT2D eigenvalue weighted by Gasteiger charge is 2.30. The Morgan fingerprint density at radius 2 is 2.00 bits per heavy atom. The lowest BCUT2D eigenvalue weighted by Gasteiger charge is -2.20. The van der Waals surface area contributed by atoms with Gasteiger partial charge in [-0.25, -0.2) is 0 Å².